The predicted octanol–water partition coefficient (Wildman–Crippen LogP) is 8.86. The maximum Gasteiger partial charge on any atom is 0.140 e. The van der Waals surface area contributed by atoms with Gasteiger partial charge < -0.3 is 4.57 Å². The smallest absolute Gasteiger partial charge is 0.140 e. The number of aromatic nitrogens is 2. The summed E-state index contributed by atoms with van der Waals surface area (Å²) in [5.41, 5.74) is 11.1. The monoisotopic (exact) mass is 458 g/mol. The highest BCUT2D eigenvalue weighted by molar-refractivity contribution is 6.23. The third kappa shape index (κ3) is 2.59. The molecule has 1 aliphatic carbocycles. The Morgan fingerprint density at radius 1 is 0.556 bits per heavy atom. The number of rotatable bonds is 2. The third-order valence-corrected chi connectivity index (χ3v) is 7.75. The maximum atomic E-state index is 4.94. The molecule has 0 saturated carbocycles. The first kappa shape index (κ1) is 19.6. The van der Waals surface area contributed by atoms with Gasteiger partial charge in [0.2, 0.25) is 0 Å². The van der Waals surface area contributed by atoms with Crippen LogP contribution in [0, 0.1) is 0 Å². The quantitative estimate of drug-likeness (QED) is 0.253. The molecule has 0 N–H and O–H groups in total. The van der Waals surface area contributed by atoms with Gasteiger partial charge in [0.1, 0.15) is 5.82 Å². The first-order valence-electron chi connectivity index (χ1n) is 12.4. The normalized spacial score (nSPS) is 12.0. The summed E-state index contributed by atoms with van der Waals surface area (Å²) >= 11 is 0. The van der Waals surface area contributed by atoms with E-state index >= 15 is 0 Å². The van der Waals surface area contributed by atoms with Crippen molar-refractivity contribution in [3.05, 3.63) is 115 Å². The summed E-state index contributed by atoms with van der Waals surface area (Å²) in [5.74, 6) is 0.989. The van der Waals surface area contributed by atoms with Crippen LogP contribution in [-0.2, 0) is 7.05 Å². The number of hydrogen-bond donors (Lipinski definition) is 0. The molecule has 0 atom stereocenters. The van der Waals surface area contributed by atoms with Crippen LogP contribution in [0.4, 0.5) is 0 Å². The van der Waals surface area contributed by atoms with Gasteiger partial charge in [0.25, 0.3) is 0 Å². The summed E-state index contributed by atoms with van der Waals surface area (Å²) in [6.07, 6.45) is 0. The van der Waals surface area contributed by atoms with Crippen LogP contribution in [0.25, 0.3) is 77.3 Å². The SMILES string of the molecule is Cn1c(-c2cccc(-c3ccc4c5c(cccc35)-c3c-4ccc4ccccc34)c2)nc2ccccc21. The summed E-state index contributed by atoms with van der Waals surface area (Å²) in [5, 5.41) is 5.27. The molecule has 0 radical (unpaired) electrons. The molecule has 0 fully saturated rings. The van der Waals surface area contributed by atoms with Gasteiger partial charge in [-0.05, 0) is 73.1 Å². The molecule has 0 spiro atoms. The summed E-state index contributed by atoms with van der Waals surface area (Å²) in [4.78, 5) is 4.94. The van der Waals surface area contributed by atoms with E-state index in [1.807, 2.05) is 6.07 Å². The fraction of sp³-hybridized carbons (Fsp3) is 0.0294. The zero-order valence-electron chi connectivity index (χ0n) is 19.9. The summed E-state index contributed by atoms with van der Waals surface area (Å²) < 4.78 is 2.18. The van der Waals surface area contributed by atoms with Crippen molar-refractivity contribution >= 4 is 32.6 Å². The Kier molecular flexibility index (Phi) is 3.90. The largest absolute Gasteiger partial charge is 0.327 e. The lowest BCUT2D eigenvalue weighted by atomic mass is 9.93. The molecule has 0 amide bonds. The minimum atomic E-state index is 0.989. The standard InChI is InChI=1S/C34H22N2/c1-36-31-15-5-4-14-30(31)35-34(36)23-10-6-9-22(20-23)24-18-19-28-27-17-16-21-8-2-3-11-25(21)32(27)29-13-7-12-26(24)33(28)29/h2-20H,1H3. The van der Waals surface area contributed by atoms with Crippen LogP contribution in [0.2, 0.25) is 0 Å². The average molecular weight is 459 g/mol. The molecular formula is C34H22N2. The molecule has 7 aromatic rings. The van der Waals surface area contributed by atoms with E-state index in [4.69, 9.17) is 4.98 Å². The van der Waals surface area contributed by atoms with E-state index in [2.05, 4.69) is 121 Å². The Morgan fingerprint density at radius 3 is 2.25 bits per heavy atom. The predicted molar refractivity (Wildman–Crippen MR) is 151 cm³/mol. The van der Waals surface area contributed by atoms with Crippen LogP contribution >= 0.6 is 0 Å². The van der Waals surface area contributed by atoms with E-state index in [0.717, 1.165) is 22.4 Å². The van der Waals surface area contributed by atoms with Gasteiger partial charge in [-0.1, -0.05) is 97.1 Å². The lowest BCUT2D eigenvalue weighted by molar-refractivity contribution is 0.959. The van der Waals surface area contributed by atoms with Crippen LogP contribution in [0.5, 0.6) is 0 Å². The highest BCUT2D eigenvalue weighted by Crippen LogP contribution is 2.51. The minimum Gasteiger partial charge on any atom is -0.327 e. The Bertz CT molecular complexity index is 2010. The highest BCUT2D eigenvalue weighted by Gasteiger charge is 2.24. The van der Waals surface area contributed by atoms with Crippen molar-refractivity contribution in [2.45, 2.75) is 0 Å². The second kappa shape index (κ2) is 7.16. The van der Waals surface area contributed by atoms with E-state index in [9.17, 15) is 0 Å². The van der Waals surface area contributed by atoms with Crippen LogP contribution in [0.3, 0.4) is 0 Å². The second-order valence-electron chi connectivity index (χ2n) is 9.66. The number of imidazole rings is 1. The maximum absolute atomic E-state index is 4.94. The van der Waals surface area contributed by atoms with Gasteiger partial charge in [-0.25, -0.2) is 4.98 Å². The highest BCUT2D eigenvalue weighted by atomic mass is 15.1. The summed E-state index contributed by atoms with van der Waals surface area (Å²) in [6.45, 7) is 0. The molecule has 0 saturated heterocycles. The van der Waals surface area contributed by atoms with Crippen molar-refractivity contribution in [3.63, 3.8) is 0 Å². The van der Waals surface area contributed by atoms with Gasteiger partial charge in [0.15, 0.2) is 0 Å². The fourth-order valence-electron chi connectivity index (χ4n) is 6.11. The molecule has 168 valence electrons. The Labute approximate surface area is 209 Å². The lowest BCUT2D eigenvalue weighted by Gasteiger charge is -2.11. The van der Waals surface area contributed by atoms with E-state index in [1.165, 1.54) is 54.9 Å². The van der Waals surface area contributed by atoms with Crippen molar-refractivity contribution in [2.75, 3.05) is 0 Å². The Balaban J connectivity index is 1.35. The first-order chi connectivity index (χ1) is 17.8. The molecule has 0 bridgehead atoms. The summed E-state index contributed by atoms with van der Waals surface area (Å²) in [6, 6.07) is 41.7. The number of hydrogen-bond acceptors (Lipinski definition) is 1. The second-order valence-corrected chi connectivity index (χ2v) is 9.66. The van der Waals surface area contributed by atoms with Gasteiger partial charge in [0.05, 0.1) is 11.0 Å². The van der Waals surface area contributed by atoms with E-state index < -0.39 is 0 Å². The van der Waals surface area contributed by atoms with Crippen molar-refractivity contribution in [1.29, 1.82) is 0 Å². The molecule has 0 aliphatic heterocycles. The number of aryl methyl sites for hydroxylation is 1. The zero-order valence-corrected chi connectivity index (χ0v) is 19.9. The van der Waals surface area contributed by atoms with Crippen LogP contribution < -0.4 is 0 Å². The molecule has 2 heteroatoms. The van der Waals surface area contributed by atoms with Crippen LogP contribution in [0.1, 0.15) is 0 Å². The van der Waals surface area contributed by atoms with Crippen LogP contribution in [0.15, 0.2) is 115 Å². The van der Waals surface area contributed by atoms with Gasteiger partial charge in [-0.15, -0.1) is 0 Å². The molecule has 0 unspecified atom stereocenters. The van der Waals surface area contributed by atoms with E-state index in [1.54, 1.807) is 0 Å². The minimum absolute atomic E-state index is 0.989. The molecular weight excluding hydrogens is 436 g/mol. The van der Waals surface area contributed by atoms with Gasteiger partial charge in [-0.2, -0.15) is 0 Å². The first-order valence-corrected chi connectivity index (χ1v) is 12.4. The van der Waals surface area contributed by atoms with Crippen molar-refractivity contribution < 1.29 is 0 Å². The number of para-hydroxylation sites is 2. The van der Waals surface area contributed by atoms with E-state index in [0.29, 0.717) is 0 Å². The van der Waals surface area contributed by atoms with Gasteiger partial charge in [-0.3, -0.25) is 0 Å². The van der Waals surface area contributed by atoms with Crippen molar-refractivity contribution in [1.82, 2.24) is 9.55 Å². The van der Waals surface area contributed by atoms with Crippen molar-refractivity contribution in [2.24, 2.45) is 7.05 Å². The lowest BCUT2D eigenvalue weighted by Crippen LogP contribution is -1.93. The summed E-state index contributed by atoms with van der Waals surface area (Å²) in [7, 11) is 2.10. The molecule has 1 heterocycles. The zero-order chi connectivity index (χ0) is 23.8. The van der Waals surface area contributed by atoms with E-state index in [-0.39, 0.29) is 0 Å². The molecule has 1 aromatic heterocycles. The molecule has 2 nitrogen and oxygen atoms in total. The van der Waals surface area contributed by atoms with Crippen LogP contribution in [-0.4, -0.2) is 9.55 Å². The number of benzene rings is 6. The molecule has 8 rings (SSSR count). The Hall–Kier alpha value is -4.69. The van der Waals surface area contributed by atoms with Gasteiger partial charge >= 0.3 is 0 Å². The van der Waals surface area contributed by atoms with Crippen molar-refractivity contribution in [3.8, 4) is 44.8 Å². The van der Waals surface area contributed by atoms with Gasteiger partial charge in [0, 0.05) is 12.6 Å². The fourth-order valence-corrected chi connectivity index (χ4v) is 6.11. The number of nitrogens with zero attached hydrogens (tertiary/aromatic N) is 2. The third-order valence-electron chi connectivity index (χ3n) is 7.75. The topological polar surface area (TPSA) is 17.8 Å². The number of fused-ring (bicyclic) bond motifs is 6. The molecule has 6 aromatic carbocycles. The molecule has 1 aliphatic rings. The molecule has 36 heavy (non-hydrogen) atoms. The Morgan fingerprint density at radius 2 is 1.31 bits per heavy atom. The average Bonchev–Trinajstić information content (AvgIpc) is 3.45.